The smallest absolute Gasteiger partial charge is 0.407 e. The summed E-state index contributed by atoms with van der Waals surface area (Å²) in [5, 5.41) is 15.9. The van der Waals surface area contributed by atoms with Gasteiger partial charge in [0.1, 0.15) is 5.54 Å². The fourth-order valence-corrected chi connectivity index (χ4v) is 3.99. The minimum atomic E-state index is -0.833. The number of alkyl carbamates (subject to hydrolysis) is 1. The third-order valence-corrected chi connectivity index (χ3v) is 5.99. The molecule has 0 aliphatic carbocycles. The van der Waals surface area contributed by atoms with Crippen LogP contribution in [0.3, 0.4) is 0 Å². The van der Waals surface area contributed by atoms with Crippen LogP contribution in [-0.4, -0.2) is 42.1 Å². The van der Waals surface area contributed by atoms with Gasteiger partial charge in [-0.1, -0.05) is 67.6 Å². The summed E-state index contributed by atoms with van der Waals surface area (Å²) in [5.74, 6) is -0.0343. The fourth-order valence-electron chi connectivity index (χ4n) is 3.99. The van der Waals surface area contributed by atoms with Crippen LogP contribution in [-0.2, 0) is 22.6 Å². The first kappa shape index (κ1) is 24.3. The maximum Gasteiger partial charge on any atom is 0.407 e. The van der Waals surface area contributed by atoms with Crippen LogP contribution in [0.25, 0.3) is 0 Å². The molecule has 2 unspecified atom stereocenters. The largest absolute Gasteiger partial charge is 0.450 e. The Morgan fingerprint density at radius 3 is 2.42 bits per heavy atom. The molecule has 1 heterocycles. The Morgan fingerprint density at radius 1 is 1.15 bits per heavy atom. The summed E-state index contributed by atoms with van der Waals surface area (Å²) in [7, 11) is 0. The third-order valence-electron chi connectivity index (χ3n) is 5.99. The monoisotopic (exact) mass is 448 g/mol. The van der Waals surface area contributed by atoms with Crippen molar-refractivity contribution in [2.45, 2.75) is 44.8 Å². The average molecular weight is 449 g/mol. The summed E-state index contributed by atoms with van der Waals surface area (Å²) in [5.41, 5.74) is 1.17. The molecule has 0 saturated carbocycles. The Balaban J connectivity index is 1.50. The van der Waals surface area contributed by atoms with Crippen LogP contribution in [0.4, 0.5) is 4.79 Å². The molecule has 0 bridgehead atoms. The van der Waals surface area contributed by atoms with Crippen molar-refractivity contribution in [3.8, 4) is 6.07 Å². The second-order valence-electron chi connectivity index (χ2n) is 8.61. The van der Waals surface area contributed by atoms with Crippen LogP contribution >= 0.6 is 0 Å². The van der Waals surface area contributed by atoms with E-state index < -0.39 is 11.6 Å². The predicted octanol–water partition coefficient (Wildman–Crippen LogP) is 3.61. The minimum Gasteiger partial charge on any atom is -0.450 e. The van der Waals surface area contributed by atoms with Gasteiger partial charge < -0.3 is 20.3 Å². The molecule has 1 aliphatic rings. The van der Waals surface area contributed by atoms with Gasteiger partial charge in [0.15, 0.2) is 0 Å². The van der Waals surface area contributed by atoms with Crippen LogP contribution in [0.15, 0.2) is 60.7 Å². The molecule has 2 amide bonds. The zero-order valence-electron chi connectivity index (χ0n) is 19.1. The molecule has 1 aliphatic heterocycles. The van der Waals surface area contributed by atoms with E-state index in [9.17, 15) is 14.9 Å². The molecule has 0 aromatic heterocycles. The lowest BCUT2D eigenvalue weighted by Crippen LogP contribution is -2.52. The van der Waals surface area contributed by atoms with Gasteiger partial charge in [-0.25, -0.2) is 4.79 Å². The number of ether oxygens (including phenoxy) is 1. The standard InChI is InChI=1S/C26H32N4O3/c1-21(12-15-33-25(32)29-17-22-8-4-2-5-9-22)16-24(31)30(18-23-10-6-3-7-11-23)26(19-27)13-14-28-20-26/h2-11,21,28H,12-18,20H2,1H3,(H,29,32). The SMILES string of the molecule is CC(CCOC(=O)NCc1ccccc1)CC(=O)N(Cc1ccccc1)C1(C#N)CCNC1. The number of rotatable bonds is 10. The Morgan fingerprint density at radius 2 is 1.82 bits per heavy atom. The lowest BCUT2D eigenvalue weighted by atomic mass is 9.94. The topological polar surface area (TPSA) is 94.5 Å². The number of benzene rings is 2. The molecule has 174 valence electrons. The molecule has 0 spiro atoms. The van der Waals surface area contributed by atoms with Crippen molar-refractivity contribution in [1.29, 1.82) is 5.26 Å². The summed E-state index contributed by atoms with van der Waals surface area (Å²) in [6, 6.07) is 21.8. The lowest BCUT2D eigenvalue weighted by Gasteiger charge is -2.36. The van der Waals surface area contributed by atoms with Gasteiger partial charge in [0.05, 0.1) is 12.7 Å². The van der Waals surface area contributed by atoms with Gasteiger partial charge in [-0.15, -0.1) is 0 Å². The van der Waals surface area contributed by atoms with Crippen molar-refractivity contribution < 1.29 is 14.3 Å². The fraction of sp³-hybridized carbons (Fsp3) is 0.423. The number of amides is 2. The van der Waals surface area contributed by atoms with Crippen molar-refractivity contribution in [3.63, 3.8) is 0 Å². The van der Waals surface area contributed by atoms with Crippen LogP contribution < -0.4 is 10.6 Å². The van der Waals surface area contributed by atoms with Crippen molar-refractivity contribution in [2.24, 2.45) is 5.92 Å². The second-order valence-corrected chi connectivity index (χ2v) is 8.61. The van der Waals surface area contributed by atoms with E-state index in [4.69, 9.17) is 4.74 Å². The van der Waals surface area contributed by atoms with Crippen LogP contribution in [0.2, 0.25) is 0 Å². The maximum absolute atomic E-state index is 13.3. The summed E-state index contributed by atoms with van der Waals surface area (Å²) >= 11 is 0. The number of hydrogen-bond acceptors (Lipinski definition) is 5. The van der Waals surface area contributed by atoms with E-state index in [1.165, 1.54) is 0 Å². The van der Waals surface area contributed by atoms with Gasteiger partial charge in [0.2, 0.25) is 5.91 Å². The Hall–Kier alpha value is -3.37. The summed E-state index contributed by atoms with van der Waals surface area (Å²) in [6.45, 7) is 4.20. The van der Waals surface area contributed by atoms with Gasteiger partial charge in [-0.3, -0.25) is 4.79 Å². The summed E-state index contributed by atoms with van der Waals surface area (Å²) in [4.78, 5) is 27.0. The molecule has 7 nitrogen and oxygen atoms in total. The van der Waals surface area contributed by atoms with Gasteiger partial charge >= 0.3 is 6.09 Å². The molecule has 2 aromatic rings. The number of carbonyl (C=O) groups is 2. The van der Waals surface area contributed by atoms with E-state index in [1.807, 2.05) is 67.6 Å². The number of hydrogen-bond donors (Lipinski definition) is 2. The molecule has 7 heteroatoms. The molecule has 1 fully saturated rings. The van der Waals surface area contributed by atoms with Gasteiger partial charge in [0.25, 0.3) is 0 Å². The predicted molar refractivity (Wildman–Crippen MR) is 126 cm³/mol. The minimum absolute atomic E-state index is 0.0165. The first-order valence-corrected chi connectivity index (χ1v) is 11.4. The zero-order chi connectivity index (χ0) is 23.5. The van der Waals surface area contributed by atoms with Gasteiger partial charge in [-0.2, -0.15) is 5.26 Å². The maximum atomic E-state index is 13.3. The Kier molecular flexibility index (Phi) is 8.85. The van der Waals surface area contributed by atoms with Gasteiger partial charge in [-0.05, 0) is 36.4 Å². The third kappa shape index (κ3) is 7.06. The highest BCUT2D eigenvalue weighted by Gasteiger charge is 2.42. The molecular weight excluding hydrogens is 416 g/mol. The molecule has 2 N–H and O–H groups in total. The van der Waals surface area contributed by atoms with Crippen molar-refractivity contribution in [3.05, 3.63) is 71.8 Å². The molecule has 3 rings (SSSR count). The lowest BCUT2D eigenvalue weighted by molar-refractivity contribution is -0.137. The number of nitrogens with zero attached hydrogens (tertiary/aromatic N) is 2. The first-order chi connectivity index (χ1) is 16.0. The molecule has 2 aromatic carbocycles. The summed E-state index contributed by atoms with van der Waals surface area (Å²) < 4.78 is 5.28. The van der Waals surface area contributed by atoms with Gasteiger partial charge in [0, 0.05) is 26.1 Å². The number of carbonyl (C=O) groups excluding carboxylic acids is 2. The van der Waals surface area contributed by atoms with E-state index in [0.29, 0.717) is 45.4 Å². The Bertz CT molecular complexity index is 937. The van der Waals surface area contributed by atoms with E-state index in [-0.39, 0.29) is 18.4 Å². The van der Waals surface area contributed by atoms with E-state index >= 15 is 0 Å². The molecular formula is C26H32N4O3. The van der Waals surface area contributed by atoms with Crippen molar-refractivity contribution in [1.82, 2.24) is 15.5 Å². The van der Waals surface area contributed by atoms with E-state index in [0.717, 1.165) is 11.1 Å². The normalized spacial score (nSPS) is 18.2. The number of nitriles is 1. The highest BCUT2D eigenvalue weighted by molar-refractivity contribution is 5.78. The quantitative estimate of drug-likeness (QED) is 0.579. The summed E-state index contributed by atoms with van der Waals surface area (Å²) in [6.07, 6.45) is 1.01. The second kappa shape index (κ2) is 12.0. The zero-order valence-corrected chi connectivity index (χ0v) is 19.1. The van der Waals surface area contributed by atoms with Crippen molar-refractivity contribution >= 4 is 12.0 Å². The molecule has 33 heavy (non-hydrogen) atoms. The molecule has 1 saturated heterocycles. The first-order valence-electron chi connectivity index (χ1n) is 11.4. The van der Waals surface area contributed by atoms with E-state index in [2.05, 4.69) is 16.7 Å². The van der Waals surface area contributed by atoms with Crippen molar-refractivity contribution in [2.75, 3.05) is 19.7 Å². The average Bonchev–Trinajstić information content (AvgIpc) is 3.32. The molecule has 0 radical (unpaired) electrons. The highest BCUT2D eigenvalue weighted by atomic mass is 16.5. The van der Waals surface area contributed by atoms with Crippen LogP contribution in [0, 0.1) is 17.2 Å². The highest BCUT2D eigenvalue weighted by Crippen LogP contribution is 2.27. The van der Waals surface area contributed by atoms with E-state index in [1.54, 1.807) is 4.90 Å². The van der Waals surface area contributed by atoms with Crippen LogP contribution in [0.5, 0.6) is 0 Å². The number of nitrogens with one attached hydrogen (secondary N) is 2. The molecule has 2 atom stereocenters. The van der Waals surface area contributed by atoms with Crippen LogP contribution in [0.1, 0.15) is 37.3 Å². The Labute approximate surface area is 195 Å².